The molecule has 0 fully saturated rings. The molecule has 0 spiro atoms. The summed E-state index contributed by atoms with van der Waals surface area (Å²) in [6.45, 7) is 2.01. The van der Waals surface area contributed by atoms with Crippen LogP contribution in [0.25, 0.3) is 0 Å². The van der Waals surface area contributed by atoms with Gasteiger partial charge in [0.15, 0.2) is 0 Å². The first-order valence-electron chi connectivity index (χ1n) is 2.57. The number of thiophene rings is 1. The summed E-state index contributed by atoms with van der Waals surface area (Å²) in [6, 6.07) is 3.90. The van der Waals surface area contributed by atoms with E-state index in [1.165, 1.54) is 11.1 Å². The van der Waals surface area contributed by atoms with Crippen molar-refractivity contribution in [1.82, 2.24) is 0 Å². The second-order valence-corrected chi connectivity index (χ2v) is 3.01. The molecular weight excluding hydrogens is 134 g/mol. The monoisotopic (exact) mass is 141 g/mol. The van der Waals surface area contributed by atoms with Crippen LogP contribution in [0.5, 0.6) is 0 Å². The van der Waals surface area contributed by atoms with Gasteiger partial charge in [0.2, 0.25) is 0 Å². The summed E-state index contributed by atoms with van der Waals surface area (Å²) < 4.78 is 0. The molecule has 1 aromatic rings. The molecule has 0 saturated carbocycles. The lowest BCUT2D eigenvalue weighted by molar-refractivity contribution is 0.322. The molecule has 0 atom stereocenters. The second-order valence-electron chi connectivity index (χ2n) is 1.69. The van der Waals surface area contributed by atoms with Gasteiger partial charge < -0.3 is 5.21 Å². The van der Waals surface area contributed by atoms with Crippen LogP contribution in [0.1, 0.15) is 9.75 Å². The fourth-order valence-corrected chi connectivity index (χ4v) is 1.32. The lowest BCUT2D eigenvalue weighted by Gasteiger charge is -1.75. The van der Waals surface area contributed by atoms with E-state index in [-0.39, 0.29) is 0 Å². The molecule has 0 aliphatic rings. The van der Waals surface area contributed by atoms with Crippen molar-refractivity contribution in [2.45, 2.75) is 6.92 Å². The predicted molar refractivity (Wildman–Crippen MR) is 38.4 cm³/mol. The number of oxime groups is 1. The molecule has 1 aromatic heterocycles. The van der Waals surface area contributed by atoms with Crippen LogP contribution in [0, 0.1) is 6.92 Å². The third-order valence-electron chi connectivity index (χ3n) is 0.946. The summed E-state index contributed by atoms with van der Waals surface area (Å²) in [4.78, 5) is 2.21. The van der Waals surface area contributed by atoms with E-state index >= 15 is 0 Å². The molecule has 0 saturated heterocycles. The van der Waals surface area contributed by atoms with Gasteiger partial charge in [0, 0.05) is 9.75 Å². The van der Waals surface area contributed by atoms with Gasteiger partial charge in [-0.2, -0.15) is 0 Å². The maximum atomic E-state index is 8.11. The molecule has 0 radical (unpaired) electrons. The minimum Gasteiger partial charge on any atom is -0.411 e. The quantitative estimate of drug-likeness (QED) is 0.361. The van der Waals surface area contributed by atoms with Crippen LogP contribution in [0.2, 0.25) is 0 Å². The van der Waals surface area contributed by atoms with E-state index < -0.39 is 0 Å². The van der Waals surface area contributed by atoms with Crippen LogP contribution in [-0.2, 0) is 0 Å². The van der Waals surface area contributed by atoms with Crippen LogP contribution >= 0.6 is 11.3 Å². The number of hydrogen-bond acceptors (Lipinski definition) is 3. The van der Waals surface area contributed by atoms with Crippen molar-refractivity contribution in [1.29, 1.82) is 0 Å². The normalized spacial score (nSPS) is 10.8. The van der Waals surface area contributed by atoms with Crippen molar-refractivity contribution in [3.63, 3.8) is 0 Å². The number of hydrogen-bond donors (Lipinski definition) is 1. The topological polar surface area (TPSA) is 32.6 Å². The van der Waals surface area contributed by atoms with Gasteiger partial charge in [-0.25, -0.2) is 0 Å². The van der Waals surface area contributed by atoms with Crippen LogP contribution in [-0.4, -0.2) is 11.4 Å². The van der Waals surface area contributed by atoms with E-state index in [0.717, 1.165) is 4.88 Å². The average molecular weight is 141 g/mol. The van der Waals surface area contributed by atoms with Crippen LogP contribution in [0.3, 0.4) is 0 Å². The summed E-state index contributed by atoms with van der Waals surface area (Å²) in [5.74, 6) is 0. The van der Waals surface area contributed by atoms with E-state index in [1.54, 1.807) is 11.3 Å². The minimum atomic E-state index is 0.981. The highest BCUT2D eigenvalue weighted by Gasteiger charge is 1.89. The summed E-state index contributed by atoms with van der Waals surface area (Å²) in [7, 11) is 0. The molecule has 1 heterocycles. The molecule has 1 rings (SSSR count). The van der Waals surface area contributed by atoms with Crippen LogP contribution < -0.4 is 0 Å². The first kappa shape index (κ1) is 6.29. The first-order chi connectivity index (χ1) is 4.33. The molecule has 48 valence electrons. The number of nitrogens with zero attached hydrogens (tertiary/aromatic N) is 1. The molecule has 2 nitrogen and oxygen atoms in total. The van der Waals surface area contributed by atoms with Crippen molar-refractivity contribution in [3.05, 3.63) is 21.9 Å². The Morgan fingerprint density at radius 2 is 2.44 bits per heavy atom. The minimum absolute atomic E-state index is 0.981. The SMILES string of the molecule is Cc1ccc(C=NO)s1. The highest BCUT2D eigenvalue weighted by atomic mass is 32.1. The van der Waals surface area contributed by atoms with Crippen LogP contribution in [0.4, 0.5) is 0 Å². The van der Waals surface area contributed by atoms with E-state index in [4.69, 9.17) is 5.21 Å². The Hall–Kier alpha value is -0.830. The van der Waals surface area contributed by atoms with Gasteiger partial charge in [0.25, 0.3) is 0 Å². The standard InChI is InChI=1S/C6H7NOS/c1-5-2-3-6(9-5)4-7-8/h2-4,8H,1H3. The molecule has 0 aliphatic carbocycles. The molecule has 0 unspecified atom stereocenters. The molecule has 9 heavy (non-hydrogen) atoms. The smallest absolute Gasteiger partial charge is 0.0833 e. The lowest BCUT2D eigenvalue weighted by Crippen LogP contribution is -1.67. The second kappa shape index (κ2) is 2.64. The Labute approximate surface area is 57.4 Å². The Kier molecular flexibility index (Phi) is 1.85. The molecule has 3 heteroatoms. The van der Waals surface area contributed by atoms with Gasteiger partial charge in [0.05, 0.1) is 6.21 Å². The highest BCUT2D eigenvalue weighted by molar-refractivity contribution is 7.13. The largest absolute Gasteiger partial charge is 0.411 e. The van der Waals surface area contributed by atoms with E-state index in [0.29, 0.717) is 0 Å². The summed E-state index contributed by atoms with van der Waals surface area (Å²) in [5.41, 5.74) is 0. The third kappa shape index (κ3) is 1.54. The van der Waals surface area contributed by atoms with Crippen molar-refractivity contribution in [2.75, 3.05) is 0 Å². The maximum absolute atomic E-state index is 8.11. The zero-order valence-corrected chi connectivity index (χ0v) is 5.85. The van der Waals surface area contributed by atoms with E-state index in [2.05, 4.69) is 5.16 Å². The Morgan fingerprint density at radius 1 is 1.67 bits per heavy atom. The van der Waals surface area contributed by atoms with E-state index in [1.807, 2.05) is 19.1 Å². The predicted octanol–water partition coefficient (Wildman–Crippen LogP) is 1.86. The van der Waals surface area contributed by atoms with Crippen molar-refractivity contribution in [3.8, 4) is 0 Å². The van der Waals surface area contributed by atoms with Crippen molar-refractivity contribution < 1.29 is 5.21 Å². The molecule has 0 aromatic carbocycles. The summed E-state index contributed by atoms with van der Waals surface area (Å²) in [6.07, 6.45) is 1.43. The van der Waals surface area contributed by atoms with Gasteiger partial charge in [-0.1, -0.05) is 5.16 Å². The summed E-state index contributed by atoms with van der Waals surface area (Å²) >= 11 is 1.60. The van der Waals surface area contributed by atoms with Crippen molar-refractivity contribution >= 4 is 17.6 Å². The lowest BCUT2D eigenvalue weighted by atomic mass is 10.4. The van der Waals surface area contributed by atoms with Gasteiger partial charge in [-0.15, -0.1) is 11.3 Å². The maximum Gasteiger partial charge on any atom is 0.0833 e. The zero-order valence-electron chi connectivity index (χ0n) is 5.03. The fraction of sp³-hybridized carbons (Fsp3) is 0.167. The van der Waals surface area contributed by atoms with Crippen LogP contribution in [0.15, 0.2) is 17.3 Å². The Morgan fingerprint density at radius 3 is 2.89 bits per heavy atom. The molecule has 0 aliphatic heterocycles. The molecule has 0 amide bonds. The molecule has 1 N–H and O–H groups in total. The first-order valence-corrected chi connectivity index (χ1v) is 3.38. The molecule has 0 bridgehead atoms. The van der Waals surface area contributed by atoms with E-state index in [9.17, 15) is 0 Å². The van der Waals surface area contributed by atoms with Gasteiger partial charge in [0.1, 0.15) is 0 Å². The third-order valence-corrected chi connectivity index (χ3v) is 1.88. The van der Waals surface area contributed by atoms with Gasteiger partial charge >= 0.3 is 0 Å². The number of aryl methyl sites for hydroxylation is 1. The van der Waals surface area contributed by atoms with Gasteiger partial charge in [-0.05, 0) is 19.1 Å². The summed E-state index contributed by atoms with van der Waals surface area (Å²) in [5, 5.41) is 11.0. The molecular formula is C6H7NOS. The van der Waals surface area contributed by atoms with Crippen molar-refractivity contribution in [2.24, 2.45) is 5.16 Å². The highest BCUT2D eigenvalue weighted by Crippen LogP contribution is 2.11. The zero-order chi connectivity index (χ0) is 6.69. The Bertz CT molecular complexity index is 217. The fourth-order valence-electron chi connectivity index (χ4n) is 0.580. The number of rotatable bonds is 1. The average Bonchev–Trinajstić information content (AvgIpc) is 2.17. The Balaban J connectivity index is 2.85. The van der Waals surface area contributed by atoms with Gasteiger partial charge in [-0.3, -0.25) is 0 Å².